The molecule has 1 aromatic rings. The van der Waals surface area contributed by atoms with Gasteiger partial charge >= 0.3 is 0 Å². The van der Waals surface area contributed by atoms with Gasteiger partial charge in [0.25, 0.3) is 0 Å². The molecule has 0 atom stereocenters. The summed E-state index contributed by atoms with van der Waals surface area (Å²) in [6.07, 6.45) is 2.80. The van der Waals surface area contributed by atoms with Crippen LogP contribution in [0.2, 0.25) is 0 Å². The molecule has 70 valence electrons. The van der Waals surface area contributed by atoms with Crippen molar-refractivity contribution in [1.29, 1.82) is 0 Å². The zero-order valence-corrected chi connectivity index (χ0v) is 8.01. The molecule has 1 rings (SSSR count). The average Bonchev–Trinajstić information content (AvgIpc) is 2.16. The van der Waals surface area contributed by atoms with Crippen molar-refractivity contribution in [3.8, 4) is 0 Å². The Morgan fingerprint density at radius 2 is 2.31 bits per heavy atom. The topological polar surface area (TPSA) is 38.0 Å². The lowest BCUT2D eigenvalue weighted by Crippen LogP contribution is -2.00. The van der Waals surface area contributed by atoms with Gasteiger partial charge in [-0.3, -0.25) is 0 Å². The Morgan fingerprint density at radius 1 is 1.54 bits per heavy atom. The molecule has 2 nitrogen and oxygen atoms in total. The molecule has 1 aromatic carbocycles. The smallest absolute Gasteiger partial charge is 0.0347 e. The summed E-state index contributed by atoms with van der Waals surface area (Å²) in [5.41, 5.74) is 8.94. The molecule has 0 unspecified atom stereocenters. The van der Waals surface area contributed by atoms with Crippen molar-refractivity contribution in [2.45, 2.75) is 13.3 Å². The van der Waals surface area contributed by atoms with E-state index in [4.69, 9.17) is 5.73 Å². The quantitative estimate of drug-likeness (QED) is 0.546. The SMILES string of the molecule is C=CCNc1ccc(N)c(CC)c1. The number of nitrogens with one attached hydrogen (secondary N) is 1. The standard InChI is InChI=1S/C11H16N2/c1-3-7-13-10-5-6-11(12)9(4-2)8-10/h3,5-6,8,13H,1,4,7,12H2,2H3. The van der Waals surface area contributed by atoms with Crippen LogP contribution in [0.5, 0.6) is 0 Å². The molecule has 0 aromatic heterocycles. The summed E-state index contributed by atoms with van der Waals surface area (Å²) < 4.78 is 0. The van der Waals surface area contributed by atoms with E-state index in [1.807, 2.05) is 18.2 Å². The van der Waals surface area contributed by atoms with E-state index < -0.39 is 0 Å². The van der Waals surface area contributed by atoms with Gasteiger partial charge in [0.2, 0.25) is 0 Å². The second-order valence-corrected chi connectivity index (χ2v) is 2.94. The molecule has 0 fully saturated rings. The van der Waals surface area contributed by atoms with Crippen molar-refractivity contribution < 1.29 is 0 Å². The lowest BCUT2D eigenvalue weighted by molar-refractivity contribution is 1.14. The number of hydrogen-bond acceptors (Lipinski definition) is 2. The van der Waals surface area contributed by atoms with Crippen molar-refractivity contribution in [1.82, 2.24) is 0 Å². The Hall–Kier alpha value is -1.44. The summed E-state index contributed by atoms with van der Waals surface area (Å²) in [7, 11) is 0. The number of benzene rings is 1. The van der Waals surface area contributed by atoms with E-state index in [2.05, 4.69) is 24.9 Å². The normalized spacial score (nSPS) is 9.62. The molecule has 0 amide bonds. The first-order chi connectivity index (χ1) is 6.27. The minimum Gasteiger partial charge on any atom is -0.399 e. The highest BCUT2D eigenvalue weighted by atomic mass is 14.9. The summed E-state index contributed by atoms with van der Waals surface area (Å²) in [6.45, 7) is 6.53. The fraction of sp³-hybridized carbons (Fsp3) is 0.273. The Bertz CT molecular complexity index is 292. The summed E-state index contributed by atoms with van der Waals surface area (Å²) in [5, 5.41) is 3.22. The van der Waals surface area contributed by atoms with Gasteiger partial charge in [-0.1, -0.05) is 13.0 Å². The van der Waals surface area contributed by atoms with Gasteiger partial charge < -0.3 is 11.1 Å². The van der Waals surface area contributed by atoms with Crippen LogP contribution in [0.1, 0.15) is 12.5 Å². The van der Waals surface area contributed by atoms with Gasteiger partial charge in [0.1, 0.15) is 0 Å². The van der Waals surface area contributed by atoms with E-state index >= 15 is 0 Å². The first kappa shape index (κ1) is 9.65. The Morgan fingerprint density at radius 3 is 2.92 bits per heavy atom. The predicted molar refractivity (Wildman–Crippen MR) is 58.9 cm³/mol. The van der Waals surface area contributed by atoms with Crippen LogP contribution in [0.25, 0.3) is 0 Å². The molecule has 13 heavy (non-hydrogen) atoms. The van der Waals surface area contributed by atoms with Gasteiger partial charge in [0, 0.05) is 17.9 Å². The highest BCUT2D eigenvalue weighted by Gasteiger charge is 1.97. The minimum atomic E-state index is 0.785. The summed E-state index contributed by atoms with van der Waals surface area (Å²) >= 11 is 0. The van der Waals surface area contributed by atoms with Crippen LogP contribution in [-0.4, -0.2) is 6.54 Å². The zero-order chi connectivity index (χ0) is 9.68. The number of anilines is 2. The van der Waals surface area contributed by atoms with Crippen molar-refractivity contribution in [2.75, 3.05) is 17.6 Å². The van der Waals surface area contributed by atoms with Crippen LogP contribution >= 0.6 is 0 Å². The van der Waals surface area contributed by atoms with Crippen molar-refractivity contribution in [3.05, 3.63) is 36.4 Å². The first-order valence-electron chi connectivity index (χ1n) is 4.51. The minimum absolute atomic E-state index is 0.785. The van der Waals surface area contributed by atoms with Crippen molar-refractivity contribution in [3.63, 3.8) is 0 Å². The molecule has 2 heteroatoms. The summed E-state index contributed by atoms with van der Waals surface area (Å²) in [5.74, 6) is 0. The second kappa shape index (κ2) is 4.55. The van der Waals surface area contributed by atoms with Crippen LogP contribution in [-0.2, 0) is 6.42 Å². The third-order valence-corrected chi connectivity index (χ3v) is 1.97. The summed E-state index contributed by atoms with van der Waals surface area (Å²) in [6, 6.07) is 6.00. The van der Waals surface area contributed by atoms with Crippen molar-refractivity contribution >= 4 is 11.4 Å². The Balaban J connectivity index is 2.79. The molecule has 0 saturated carbocycles. The van der Waals surface area contributed by atoms with Gasteiger partial charge in [-0.2, -0.15) is 0 Å². The Kier molecular flexibility index (Phi) is 3.38. The molecule has 3 N–H and O–H groups in total. The van der Waals surface area contributed by atoms with Gasteiger partial charge in [0.05, 0.1) is 0 Å². The van der Waals surface area contributed by atoms with E-state index in [-0.39, 0.29) is 0 Å². The molecule has 0 spiro atoms. The summed E-state index contributed by atoms with van der Waals surface area (Å²) in [4.78, 5) is 0. The monoisotopic (exact) mass is 176 g/mol. The number of nitrogen functional groups attached to an aromatic ring is 1. The van der Waals surface area contributed by atoms with Crippen LogP contribution in [0.4, 0.5) is 11.4 Å². The van der Waals surface area contributed by atoms with E-state index in [0.29, 0.717) is 0 Å². The third-order valence-electron chi connectivity index (χ3n) is 1.97. The largest absolute Gasteiger partial charge is 0.399 e. The lowest BCUT2D eigenvalue weighted by Gasteiger charge is -2.07. The molecule has 0 saturated heterocycles. The maximum absolute atomic E-state index is 5.78. The predicted octanol–water partition coefficient (Wildman–Crippen LogP) is 2.43. The highest BCUT2D eigenvalue weighted by Crippen LogP contribution is 2.17. The molecule has 0 aliphatic heterocycles. The van der Waals surface area contributed by atoms with Crippen molar-refractivity contribution in [2.24, 2.45) is 0 Å². The molecule has 0 heterocycles. The van der Waals surface area contributed by atoms with Crippen LogP contribution in [0, 0.1) is 0 Å². The molecule has 0 bridgehead atoms. The number of aryl methyl sites for hydroxylation is 1. The fourth-order valence-corrected chi connectivity index (χ4v) is 1.21. The van der Waals surface area contributed by atoms with Gasteiger partial charge in [-0.15, -0.1) is 6.58 Å². The molecule has 0 aliphatic rings. The average molecular weight is 176 g/mol. The number of nitrogens with two attached hydrogens (primary N) is 1. The molecule has 0 aliphatic carbocycles. The van der Waals surface area contributed by atoms with Crippen LogP contribution in [0.3, 0.4) is 0 Å². The number of rotatable bonds is 4. The first-order valence-corrected chi connectivity index (χ1v) is 4.51. The Labute approximate surface area is 79.5 Å². The molecular weight excluding hydrogens is 160 g/mol. The van der Waals surface area contributed by atoms with Gasteiger partial charge in [0.15, 0.2) is 0 Å². The molecule has 0 radical (unpaired) electrons. The zero-order valence-electron chi connectivity index (χ0n) is 8.01. The van der Waals surface area contributed by atoms with E-state index in [1.54, 1.807) is 0 Å². The third kappa shape index (κ3) is 2.51. The molecular formula is C11H16N2. The van der Waals surface area contributed by atoms with E-state index in [9.17, 15) is 0 Å². The maximum Gasteiger partial charge on any atom is 0.0347 e. The highest BCUT2D eigenvalue weighted by molar-refractivity contribution is 5.57. The maximum atomic E-state index is 5.78. The lowest BCUT2D eigenvalue weighted by atomic mass is 10.1. The van der Waals surface area contributed by atoms with Gasteiger partial charge in [-0.05, 0) is 30.2 Å². The van der Waals surface area contributed by atoms with E-state index in [0.717, 1.165) is 24.3 Å². The van der Waals surface area contributed by atoms with E-state index in [1.165, 1.54) is 5.56 Å². The van der Waals surface area contributed by atoms with Crippen LogP contribution < -0.4 is 11.1 Å². The number of hydrogen-bond donors (Lipinski definition) is 2. The van der Waals surface area contributed by atoms with Crippen LogP contribution in [0.15, 0.2) is 30.9 Å². The van der Waals surface area contributed by atoms with Gasteiger partial charge in [-0.25, -0.2) is 0 Å². The fourth-order valence-electron chi connectivity index (χ4n) is 1.21. The second-order valence-electron chi connectivity index (χ2n) is 2.94.